The maximum atomic E-state index is 12.0. The molecule has 1 atom stereocenters. The van der Waals surface area contributed by atoms with Gasteiger partial charge in [0.2, 0.25) is 0 Å². The molecule has 2 aliphatic rings. The van der Waals surface area contributed by atoms with E-state index in [2.05, 4.69) is 19.7 Å². The molecule has 10 heteroatoms. The van der Waals surface area contributed by atoms with Crippen LogP contribution in [0, 0.1) is 5.41 Å². The molecule has 0 saturated heterocycles. The minimum absolute atomic E-state index is 0.209. The van der Waals surface area contributed by atoms with Crippen molar-refractivity contribution in [2.24, 2.45) is 4.36 Å². The van der Waals surface area contributed by atoms with Gasteiger partial charge in [0.15, 0.2) is 5.84 Å². The van der Waals surface area contributed by atoms with E-state index in [9.17, 15) is 8.76 Å². The topological polar surface area (TPSA) is 128 Å². The third-order valence-electron chi connectivity index (χ3n) is 4.44. The van der Waals surface area contributed by atoms with Crippen LogP contribution < -0.4 is 24.8 Å². The summed E-state index contributed by atoms with van der Waals surface area (Å²) in [4.78, 5) is 0. The van der Waals surface area contributed by atoms with Crippen LogP contribution in [0.25, 0.3) is 11.4 Å². The van der Waals surface area contributed by atoms with Crippen molar-refractivity contribution in [2.45, 2.75) is 0 Å². The number of nitrogens with one attached hydrogen (secondary N) is 4. The van der Waals surface area contributed by atoms with Gasteiger partial charge in [-0.2, -0.15) is 4.21 Å². The molecule has 1 unspecified atom stereocenters. The summed E-state index contributed by atoms with van der Waals surface area (Å²) in [5.74, 6) is 1.31. The zero-order chi connectivity index (χ0) is 20.6. The van der Waals surface area contributed by atoms with Crippen molar-refractivity contribution in [2.75, 3.05) is 14.2 Å². The molecular formula is C19H19N5O4S. The molecule has 5 N–H and O–H groups in total. The summed E-state index contributed by atoms with van der Waals surface area (Å²) in [7, 11) is -0.543. The molecule has 9 nitrogen and oxygen atoms in total. The van der Waals surface area contributed by atoms with Crippen molar-refractivity contribution in [3.63, 3.8) is 0 Å². The molecule has 2 aromatic carbocycles. The zero-order valence-corrected chi connectivity index (χ0v) is 16.5. The Morgan fingerprint density at radius 3 is 1.83 bits per heavy atom. The highest BCUT2D eigenvalue weighted by molar-refractivity contribution is 7.86. The summed E-state index contributed by atoms with van der Waals surface area (Å²) >= 11 is 0. The van der Waals surface area contributed by atoms with Crippen LogP contribution in [0.4, 0.5) is 0 Å². The third-order valence-corrected chi connectivity index (χ3v) is 5.34. The molecule has 29 heavy (non-hydrogen) atoms. The highest BCUT2D eigenvalue weighted by atomic mass is 32.2. The van der Waals surface area contributed by atoms with Crippen LogP contribution in [0.5, 0.6) is 11.5 Å². The van der Waals surface area contributed by atoms with E-state index in [-0.39, 0.29) is 17.4 Å². The fourth-order valence-electron chi connectivity index (χ4n) is 3.03. The maximum absolute atomic E-state index is 12.0. The van der Waals surface area contributed by atoms with Crippen LogP contribution in [0.1, 0.15) is 11.1 Å². The number of amidine groups is 1. The number of ether oxygens (including phenoxy) is 2. The average Bonchev–Trinajstić information content (AvgIpc) is 2.72. The Morgan fingerprint density at radius 1 is 0.862 bits per heavy atom. The number of hydrogen-bond donors (Lipinski definition) is 5. The third kappa shape index (κ3) is 3.62. The second kappa shape index (κ2) is 7.15. The van der Waals surface area contributed by atoms with Gasteiger partial charge < -0.3 is 20.1 Å². The lowest BCUT2D eigenvalue weighted by molar-refractivity contribution is 0.414. The monoisotopic (exact) mass is 413 g/mol. The molecule has 2 aliphatic heterocycles. The summed E-state index contributed by atoms with van der Waals surface area (Å²) in [5.41, 5.74) is 3.27. The van der Waals surface area contributed by atoms with E-state index in [1.807, 2.05) is 48.5 Å². The fraction of sp³-hybridized carbons (Fsp3) is 0.105. The molecule has 150 valence electrons. The van der Waals surface area contributed by atoms with Crippen molar-refractivity contribution < 1.29 is 18.2 Å². The smallest absolute Gasteiger partial charge is 0.259 e. The molecule has 0 saturated carbocycles. The largest absolute Gasteiger partial charge is 0.497 e. The quantitative estimate of drug-likeness (QED) is 0.523. The molecule has 0 fully saturated rings. The first-order chi connectivity index (χ1) is 13.9. The minimum Gasteiger partial charge on any atom is -0.497 e. The van der Waals surface area contributed by atoms with Crippen LogP contribution in [-0.4, -0.2) is 28.8 Å². The standard InChI is InChI=1S/C19H19N5O4S/c1-27-13-7-3-11(4-8-13)15-16(12-5-9-14(28-2)10-6-12)22-19-17(21-15)18(20)23-29(25,26)24-19/h3-10,21H,1-2H3,(H4,20,22,23,24,25,26). The van der Waals surface area contributed by atoms with Crippen LogP contribution >= 0.6 is 0 Å². The molecule has 2 aromatic rings. The fourth-order valence-corrected chi connectivity index (χ4v) is 3.83. The molecule has 0 spiro atoms. The van der Waals surface area contributed by atoms with Crippen LogP contribution in [0.3, 0.4) is 0 Å². The second-order valence-electron chi connectivity index (χ2n) is 6.25. The molecule has 0 aliphatic carbocycles. The first kappa shape index (κ1) is 18.8. The molecule has 0 aromatic heterocycles. The Labute approximate surface area is 168 Å². The summed E-state index contributed by atoms with van der Waals surface area (Å²) in [6, 6.07) is 14.8. The Morgan fingerprint density at radius 2 is 1.34 bits per heavy atom. The van der Waals surface area contributed by atoms with Gasteiger partial charge in [-0.05, 0) is 48.5 Å². The Hall–Kier alpha value is -3.50. The average molecular weight is 413 g/mol. The van der Waals surface area contributed by atoms with Crippen LogP contribution in [0.15, 0.2) is 64.4 Å². The van der Waals surface area contributed by atoms with Crippen molar-refractivity contribution in [1.29, 1.82) is 5.41 Å². The van der Waals surface area contributed by atoms with E-state index >= 15 is 0 Å². The molecular weight excluding hydrogens is 394 g/mol. The van der Waals surface area contributed by atoms with Crippen molar-refractivity contribution >= 4 is 27.4 Å². The summed E-state index contributed by atoms with van der Waals surface area (Å²) in [5, 5.41) is 14.4. The number of rotatable bonds is 4. The normalized spacial score (nSPS) is 20.7. The van der Waals surface area contributed by atoms with Gasteiger partial charge in [0.05, 0.1) is 25.6 Å². The van der Waals surface area contributed by atoms with E-state index < -0.39 is 10.2 Å². The Bertz CT molecular complexity index is 1160. The Balaban J connectivity index is 1.81. The van der Waals surface area contributed by atoms with Gasteiger partial charge in [-0.3, -0.25) is 14.7 Å². The van der Waals surface area contributed by atoms with Gasteiger partial charge in [-0.15, -0.1) is 4.36 Å². The lowest BCUT2D eigenvalue weighted by Gasteiger charge is -2.31. The summed E-state index contributed by atoms with van der Waals surface area (Å²) in [6.07, 6.45) is 0. The van der Waals surface area contributed by atoms with Gasteiger partial charge in [0, 0.05) is 11.1 Å². The van der Waals surface area contributed by atoms with E-state index in [0.717, 1.165) is 11.1 Å². The van der Waals surface area contributed by atoms with Gasteiger partial charge in [0.1, 0.15) is 23.0 Å². The zero-order valence-electron chi connectivity index (χ0n) is 15.6. The molecule has 0 radical (unpaired) electrons. The summed E-state index contributed by atoms with van der Waals surface area (Å²) in [6.45, 7) is 0. The lowest BCUT2D eigenvalue weighted by atomic mass is 10.0. The van der Waals surface area contributed by atoms with E-state index in [4.69, 9.17) is 14.9 Å². The second-order valence-corrected chi connectivity index (χ2v) is 7.63. The number of benzene rings is 2. The lowest BCUT2D eigenvalue weighted by Crippen LogP contribution is -2.43. The SMILES string of the molecule is COc1ccc(C2=C(c3ccc(OC)cc3)NC3=C(N2)NS(=O)(O)=NC3=N)cc1. The van der Waals surface area contributed by atoms with Crippen molar-refractivity contribution in [3.05, 3.63) is 71.2 Å². The van der Waals surface area contributed by atoms with E-state index in [1.165, 1.54) is 0 Å². The molecule has 4 rings (SSSR count). The first-order valence-electron chi connectivity index (χ1n) is 8.58. The van der Waals surface area contributed by atoms with Gasteiger partial charge >= 0.3 is 0 Å². The molecule has 0 amide bonds. The van der Waals surface area contributed by atoms with E-state index in [1.54, 1.807) is 14.2 Å². The molecule has 0 bridgehead atoms. The van der Waals surface area contributed by atoms with Crippen LogP contribution in [0.2, 0.25) is 0 Å². The van der Waals surface area contributed by atoms with Crippen molar-refractivity contribution in [1.82, 2.24) is 15.4 Å². The summed E-state index contributed by atoms with van der Waals surface area (Å²) < 4.78 is 38.2. The maximum Gasteiger partial charge on any atom is 0.259 e. The number of nitrogens with zero attached hydrogens (tertiary/aromatic N) is 1. The minimum atomic E-state index is -3.73. The Kier molecular flexibility index (Phi) is 4.65. The van der Waals surface area contributed by atoms with Crippen molar-refractivity contribution in [3.8, 4) is 11.5 Å². The highest BCUT2D eigenvalue weighted by Gasteiger charge is 2.30. The number of hydrogen-bond acceptors (Lipinski definition) is 6. The van der Waals surface area contributed by atoms with Crippen LogP contribution in [-0.2, 0) is 10.2 Å². The first-order valence-corrected chi connectivity index (χ1v) is 10.0. The van der Waals surface area contributed by atoms with Gasteiger partial charge in [-0.1, -0.05) is 0 Å². The van der Waals surface area contributed by atoms with E-state index in [0.29, 0.717) is 22.9 Å². The predicted octanol–water partition coefficient (Wildman–Crippen LogP) is 2.33. The van der Waals surface area contributed by atoms with Gasteiger partial charge in [-0.25, -0.2) is 0 Å². The molecule has 2 heterocycles. The number of methoxy groups -OCH3 is 2. The van der Waals surface area contributed by atoms with Gasteiger partial charge in [0.25, 0.3) is 10.2 Å². The highest BCUT2D eigenvalue weighted by Crippen LogP contribution is 2.31. The predicted molar refractivity (Wildman–Crippen MR) is 110 cm³/mol.